The summed E-state index contributed by atoms with van der Waals surface area (Å²) in [6, 6.07) is 18.0. The molecule has 0 unspecified atom stereocenters. The molecule has 0 radical (unpaired) electrons. The van der Waals surface area contributed by atoms with Crippen molar-refractivity contribution in [2.24, 2.45) is 5.73 Å². The van der Waals surface area contributed by atoms with E-state index in [0.29, 0.717) is 17.1 Å². The summed E-state index contributed by atoms with van der Waals surface area (Å²) in [6.45, 7) is 1.81. The van der Waals surface area contributed by atoms with Crippen LogP contribution in [0.3, 0.4) is 0 Å². The lowest BCUT2D eigenvalue weighted by Crippen LogP contribution is -2.07. The second kappa shape index (κ2) is 5.54. The van der Waals surface area contributed by atoms with Crippen LogP contribution in [0.1, 0.15) is 18.5 Å². The number of nitrogens with two attached hydrogens (primary N) is 1. The molecule has 0 amide bonds. The molecule has 0 heterocycles. The van der Waals surface area contributed by atoms with E-state index in [9.17, 15) is 4.39 Å². The average molecular weight is 281 g/mol. The maximum absolute atomic E-state index is 13.3. The molecule has 2 nitrogen and oxygen atoms in total. The van der Waals surface area contributed by atoms with E-state index in [4.69, 9.17) is 10.5 Å². The van der Waals surface area contributed by atoms with Crippen LogP contribution in [0.5, 0.6) is 11.5 Å². The molecule has 0 aromatic heterocycles. The maximum atomic E-state index is 13.3. The molecule has 0 fully saturated rings. The largest absolute Gasteiger partial charge is 0.457 e. The molecule has 1 atom stereocenters. The van der Waals surface area contributed by atoms with Gasteiger partial charge in [-0.25, -0.2) is 4.39 Å². The number of ether oxygens (including phenoxy) is 1. The van der Waals surface area contributed by atoms with Crippen molar-refractivity contribution >= 4 is 10.8 Å². The van der Waals surface area contributed by atoms with Gasteiger partial charge in [-0.2, -0.15) is 0 Å². The Kier molecular flexibility index (Phi) is 3.59. The Morgan fingerprint density at radius 2 is 1.71 bits per heavy atom. The summed E-state index contributed by atoms with van der Waals surface area (Å²) >= 11 is 0. The first-order valence-corrected chi connectivity index (χ1v) is 6.85. The second-order valence-corrected chi connectivity index (χ2v) is 5.08. The van der Waals surface area contributed by atoms with E-state index >= 15 is 0 Å². The van der Waals surface area contributed by atoms with Gasteiger partial charge < -0.3 is 10.5 Å². The Hall–Kier alpha value is -2.39. The SMILES string of the molecule is C[C@@H](N)c1cc(F)ccc1Oc1ccc2ccccc2c1. The van der Waals surface area contributed by atoms with Crippen LogP contribution in [0.25, 0.3) is 10.8 Å². The molecular weight excluding hydrogens is 265 g/mol. The quantitative estimate of drug-likeness (QED) is 0.749. The van der Waals surface area contributed by atoms with E-state index in [1.807, 2.05) is 49.4 Å². The Morgan fingerprint density at radius 1 is 0.952 bits per heavy atom. The summed E-state index contributed by atoms with van der Waals surface area (Å²) < 4.78 is 19.2. The molecule has 0 saturated carbocycles. The van der Waals surface area contributed by atoms with Crippen molar-refractivity contribution < 1.29 is 9.13 Å². The van der Waals surface area contributed by atoms with Crippen LogP contribution in [0.2, 0.25) is 0 Å². The molecule has 0 aliphatic carbocycles. The van der Waals surface area contributed by atoms with E-state index in [1.165, 1.54) is 12.1 Å². The third-order valence-electron chi connectivity index (χ3n) is 3.41. The zero-order chi connectivity index (χ0) is 14.8. The number of hydrogen-bond acceptors (Lipinski definition) is 2. The van der Waals surface area contributed by atoms with Crippen LogP contribution in [-0.2, 0) is 0 Å². The minimum atomic E-state index is -0.312. The van der Waals surface area contributed by atoms with Crippen LogP contribution in [0.15, 0.2) is 60.7 Å². The molecule has 0 aliphatic heterocycles. The van der Waals surface area contributed by atoms with Crippen molar-refractivity contribution in [3.8, 4) is 11.5 Å². The van der Waals surface area contributed by atoms with Gasteiger partial charge in [0.1, 0.15) is 17.3 Å². The van der Waals surface area contributed by atoms with Crippen molar-refractivity contribution in [2.75, 3.05) is 0 Å². The first-order chi connectivity index (χ1) is 10.1. The zero-order valence-electron chi connectivity index (χ0n) is 11.7. The van der Waals surface area contributed by atoms with Gasteiger partial charge in [0.2, 0.25) is 0 Å². The molecule has 106 valence electrons. The third-order valence-corrected chi connectivity index (χ3v) is 3.41. The van der Waals surface area contributed by atoms with E-state index in [1.54, 1.807) is 6.07 Å². The Morgan fingerprint density at radius 3 is 2.48 bits per heavy atom. The molecule has 0 spiro atoms. The predicted molar refractivity (Wildman–Crippen MR) is 83.0 cm³/mol. The smallest absolute Gasteiger partial charge is 0.132 e. The van der Waals surface area contributed by atoms with Crippen molar-refractivity contribution in [1.82, 2.24) is 0 Å². The normalized spacial score (nSPS) is 12.3. The fourth-order valence-electron chi connectivity index (χ4n) is 2.33. The molecule has 0 saturated heterocycles. The number of benzene rings is 3. The summed E-state index contributed by atoms with van der Waals surface area (Å²) in [7, 11) is 0. The van der Waals surface area contributed by atoms with Crippen LogP contribution < -0.4 is 10.5 Å². The van der Waals surface area contributed by atoms with Gasteiger partial charge in [-0.15, -0.1) is 0 Å². The highest BCUT2D eigenvalue weighted by Crippen LogP contribution is 2.31. The second-order valence-electron chi connectivity index (χ2n) is 5.08. The van der Waals surface area contributed by atoms with Crippen LogP contribution in [0.4, 0.5) is 4.39 Å². The first kappa shape index (κ1) is 13.6. The Bertz CT molecular complexity index is 783. The lowest BCUT2D eigenvalue weighted by molar-refractivity contribution is 0.470. The van der Waals surface area contributed by atoms with Crippen molar-refractivity contribution in [3.63, 3.8) is 0 Å². The standard InChI is InChI=1S/C18H16FNO/c1-12(20)17-11-15(19)7-9-18(17)21-16-8-6-13-4-2-3-5-14(13)10-16/h2-12H,20H2,1H3/t12-/m1/s1. The summed E-state index contributed by atoms with van der Waals surface area (Å²) in [5, 5.41) is 2.25. The van der Waals surface area contributed by atoms with E-state index in [-0.39, 0.29) is 11.9 Å². The lowest BCUT2D eigenvalue weighted by atomic mass is 10.1. The first-order valence-electron chi connectivity index (χ1n) is 6.85. The van der Waals surface area contributed by atoms with E-state index in [0.717, 1.165) is 10.8 Å². The van der Waals surface area contributed by atoms with Gasteiger partial charge in [-0.3, -0.25) is 0 Å². The number of fused-ring (bicyclic) bond motifs is 1. The van der Waals surface area contributed by atoms with Crippen molar-refractivity contribution in [1.29, 1.82) is 0 Å². The summed E-state index contributed by atoms with van der Waals surface area (Å²) in [5.74, 6) is 0.983. The topological polar surface area (TPSA) is 35.2 Å². The highest BCUT2D eigenvalue weighted by Gasteiger charge is 2.10. The monoisotopic (exact) mass is 281 g/mol. The summed E-state index contributed by atoms with van der Waals surface area (Å²) in [4.78, 5) is 0. The van der Waals surface area contributed by atoms with Crippen LogP contribution in [0, 0.1) is 5.82 Å². The Labute approximate surface area is 123 Å². The van der Waals surface area contributed by atoms with Gasteiger partial charge in [0, 0.05) is 11.6 Å². The fraction of sp³-hybridized carbons (Fsp3) is 0.111. The molecule has 3 aromatic carbocycles. The molecule has 2 N–H and O–H groups in total. The van der Waals surface area contributed by atoms with Gasteiger partial charge in [-0.1, -0.05) is 30.3 Å². The third kappa shape index (κ3) is 2.88. The molecule has 0 bridgehead atoms. The van der Waals surface area contributed by atoms with E-state index in [2.05, 4.69) is 0 Å². The highest BCUT2D eigenvalue weighted by atomic mass is 19.1. The Balaban J connectivity index is 1.98. The van der Waals surface area contributed by atoms with Crippen molar-refractivity contribution in [3.05, 3.63) is 72.0 Å². The molecular formula is C18H16FNO. The van der Waals surface area contributed by atoms with Gasteiger partial charge in [0.25, 0.3) is 0 Å². The molecule has 0 aliphatic rings. The number of hydrogen-bond donors (Lipinski definition) is 1. The van der Waals surface area contributed by atoms with Gasteiger partial charge in [-0.05, 0) is 48.0 Å². The van der Waals surface area contributed by atoms with Crippen LogP contribution in [-0.4, -0.2) is 0 Å². The molecule has 3 rings (SSSR count). The van der Waals surface area contributed by atoms with E-state index < -0.39 is 0 Å². The minimum Gasteiger partial charge on any atom is -0.457 e. The van der Waals surface area contributed by atoms with Gasteiger partial charge >= 0.3 is 0 Å². The number of halogens is 1. The van der Waals surface area contributed by atoms with Gasteiger partial charge in [0.15, 0.2) is 0 Å². The fourth-order valence-corrected chi connectivity index (χ4v) is 2.33. The molecule has 21 heavy (non-hydrogen) atoms. The lowest BCUT2D eigenvalue weighted by Gasteiger charge is -2.14. The summed E-state index contributed by atoms with van der Waals surface area (Å²) in [6.07, 6.45) is 0. The maximum Gasteiger partial charge on any atom is 0.132 e. The van der Waals surface area contributed by atoms with Crippen LogP contribution >= 0.6 is 0 Å². The highest BCUT2D eigenvalue weighted by molar-refractivity contribution is 5.83. The predicted octanol–water partition coefficient (Wildman–Crippen LogP) is 4.79. The number of rotatable bonds is 3. The minimum absolute atomic E-state index is 0.295. The summed E-state index contributed by atoms with van der Waals surface area (Å²) in [5.41, 5.74) is 6.54. The van der Waals surface area contributed by atoms with Crippen molar-refractivity contribution in [2.45, 2.75) is 13.0 Å². The molecule has 3 aromatic rings. The molecule has 3 heteroatoms. The zero-order valence-corrected chi connectivity index (χ0v) is 11.7. The van der Waals surface area contributed by atoms with Gasteiger partial charge in [0.05, 0.1) is 0 Å². The average Bonchev–Trinajstić information content (AvgIpc) is 2.49.